The summed E-state index contributed by atoms with van der Waals surface area (Å²) in [6.45, 7) is 7.74. The van der Waals surface area contributed by atoms with Gasteiger partial charge in [0.05, 0.1) is 42.2 Å². The van der Waals surface area contributed by atoms with Gasteiger partial charge in [-0.2, -0.15) is 0 Å². The Morgan fingerprint density at radius 1 is 1.11 bits per heavy atom. The molecule has 46 heavy (non-hydrogen) atoms. The Bertz CT molecular complexity index is 2050. The van der Waals surface area contributed by atoms with E-state index in [1.165, 1.54) is 11.3 Å². The average molecular weight is 708 g/mol. The van der Waals surface area contributed by atoms with Crippen molar-refractivity contribution in [3.63, 3.8) is 0 Å². The number of ether oxygens (including phenoxy) is 3. The number of para-hydroxylation sites is 1. The van der Waals surface area contributed by atoms with Crippen molar-refractivity contribution >= 4 is 56.1 Å². The third kappa shape index (κ3) is 5.79. The van der Waals surface area contributed by atoms with Crippen LogP contribution in [0, 0.1) is 0 Å². The molecule has 0 saturated carbocycles. The minimum Gasteiger partial charge on any atom is -0.493 e. The number of carbonyl (C=O) groups excluding carboxylic acids is 2. The van der Waals surface area contributed by atoms with E-state index in [1.807, 2.05) is 52.9 Å². The predicted octanol–water partition coefficient (Wildman–Crippen LogP) is 4.55. The van der Waals surface area contributed by atoms with Gasteiger partial charge in [0, 0.05) is 40.2 Å². The van der Waals surface area contributed by atoms with Crippen LogP contribution < -0.4 is 24.4 Å². The van der Waals surface area contributed by atoms with Crippen LogP contribution in [0.15, 0.2) is 68.1 Å². The highest BCUT2D eigenvalue weighted by Crippen LogP contribution is 2.41. The maximum absolute atomic E-state index is 14.3. The van der Waals surface area contributed by atoms with Gasteiger partial charge in [-0.25, -0.2) is 9.79 Å². The number of halogens is 1. The fraction of sp³-hybridized carbons (Fsp3) is 0.353. The summed E-state index contributed by atoms with van der Waals surface area (Å²) in [5, 5.41) is 0.932. The molecule has 1 amide bonds. The lowest BCUT2D eigenvalue weighted by Crippen LogP contribution is -2.40. The van der Waals surface area contributed by atoms with Crippen molar-refractivity contribution < 1.29 is 23.8 Å². The van der Waals surface area contributed by atoms with Crippen LogP contribution in [0.5, 0.6) is 11.5 Å². The Kier molecular flexibility index (Phi) is 9.19. The first kappa shape index (κ1) is 31.8. The quantitative estimate of drug-likeness (QED) is 0.237. The van der Waals surface area contributed by atoms with Crippen molar-refractivity contribution in [3.8, 4) is 11.5 Å². The topological polar surface area (TPSA) is 104 Å². The maximum Gasteiger partial charge on any atom is 0.338 e. The van der Waals surface area contributed by atoms with Gasteiger partial charge in [0.15, 0.2) is 16.3 Å². The van der Waals surface area contributed by atoms with Gasteiger partial charge in [0.25, 0.3) is 5.56 Å². The van der Waals surface area contributed by atoms with Gasteiger partial charge in [-0.05, 0) is 63.5 Å². The molecular weight excluding hydrogens is 672 g/mol. The first-order valence-electron chi connectivity index (χ1n) is 15.3. The number of hydrogen-bond donors (Lipinski definition) is 0. The fourth-order valence-electron chi connectivity index (χ4n) is 6.15. The number of thiazole rings is 1. The van der Waals surface area contributed by atoms with Crippen LogP contribution in [0.2, 0.25) is 0 Å². The maximum atomic E-state index is 14.3. The highest BCUT2D eigenvalue weighted by molar-refractivity contribution is 9.10. The monoisotopic (exact) mass is 706 g/mol. The van der Waals surface area contributed by atoms with Crippen molar-refractivity contribution in [1.29, 1.82) is 0 Å². The first-order chi connectivity index (χ1) is 22.2. The molecule has 6 rings (SSSR count). The van der Waals surface area contributed by atoms with E-state index in [-0.39, 0.29) is 30.2 Å². The van der Waals surface area contributed by atoms with Gasteiger partial charge < -0.3 is 23.7 Å². The van der Waals surface area contributed by atoms with Crippen LogP contribution in [0.25, 0.3) is 17.0 Å². The highest BCUT2D eigenvalue weighted by atomic mass is 79.9. The van der Waals surface area contributed by atoms with Crippen molar-refractivity contribution in [2.45, 2.75) is 46.2 Å². The van der Waals surface area contributed by atoms with Crippen molar-refractivity contribution in [2.24, 2.45) is 4.99 Å². The second kappa shape index (κ2) is 13.3. The average Bonchev–Trinajstić information content (AvgIpc) is 3.77. The lowest BCUT2D eigenvalue weighted by Gasteiger charge is -2.26. The molecule has 0 spiro atoms. The number of amides is 1. The summed E-state index contributed by atoms with van der Waals surface area (Å²) in [5.41, 5.74) is 2.80. The molecule has 2 aliphatic heterocycles. The van der Waals surface area contributed by atoms with E-state index in [9.17, 15) is 14.4 Å². The molecule has 1 fully saturated rings. The van der Waals surface area contributed by atoms with E-state index in [1.54, 1.807) is 37.7 Å². The minimum atomic E-state index is -0.837. The summed E-state index contributed by atoms with van der Waals surface area (Å²) < 4.78 is 21.4. The van der Waals surface area contributed by atoms with Gasteiger partial charge in [-0.15, -0.1) is 0 Å². The van der Waals surface area contributed by atoms with Gasteiger partial charge in [-0.1, -0.05) is 45.5 Å². The number of rotatable bonds is 9. The number of hydrogen-bond acceptors (Lipinski definition) is 8. The Balaban J connectivity index is 1.52. The third-order valence-corrected chi connectivity index (χ3v) is 9.93. The van der Waals surface area contributed by atoms with E-state index in [0.29, 0.717) is 43.2 Å². The molecule has 0 bridgehead atoms. The van der Waals surface area contributed by atoms with Gasteiger partial charge in [0.2, 0.25) is 5.91 Å². The second-order valence-electron chi connectivity index (χ2n) is 11.1. The molecule has 1 atom stereocenters. The number of esters is 1. The van der Waals surface area contributed by atoms with E-state index < -0.39 is 12.0 Å². The standard InChI is InChI=1S/C34H35BrN4O6S/c1-5-44-27-16-23(24(35)17-26(27)43-4)31-30(33(42)45-6-2)20(3)36-34-39(31)32(41)28(46-34)15-21-18-38(25-12-8-7-11-22(21)25)19-29(40)37-13-9-10-14-37/h7-8,11-12,15-18,31H,5-6,9-10,13-14,19H2,1-4H3/b28-15+/t31-/m0/s1. The number of allylic oxidation sites excluding steroid dienone is 1. The minimum absolute atomic E-state index is 0.0858. The largest absolute Gasteiger partial charge is 0.493 e. The summed E-state index contributed by atoms with van der Waals surface area (Å²) in [4.78, 5) is 47.9. The van der Waals surface area contributed by atoms with Crippen LogP contribution in [0.4, 0.5) is 0 Å². The molecule has 0 radical (unpaired) electrons. The lowest BCUT2D eigenvalue weighted by molar-refractivity contribution is -0.139. The Labute approximate surface area is 278 Å². The van der Waals surface area contributed by atoms with Crippen LogP contribution >= 0.6 is 27.3 Å². The van der Waals surface area contributed by atoms with E-state index in [2.05, 4.69) is 15.9 Å². The molecule has 0 aliphatic carbocycles. The Hall–Kier alpha value is -4.16. The highest BCUT2D eigenvalue weighted by Gasteiger charge is 2.35. The first-order valence-corrected chi connectivity index (χ1v) is 16.9. The summed E-state index contributed by atoms with van der Waals surface area (Å²) in [6.07, 6.45) is 5.83. The zero-order chi connectivity index (χ0) is 32.5. The van der Waals surface area contributed by atoms with Crippen LogP contribution in [-0.4, -0.2) is 59.3 Å². The number of aromatic nitrogens is 2. The Morgan fingerprint density at radius 2 is 1.87 bits per heavy atom. The molecule has 0 unspecified atom stereocenters. The van der Waals surface area contributed by atoms with E-state index in [4.69, 9.17) is 19.2 Å². The molecule has 1 saturated heterocycles. The third-order valence-electron chi connectivity index (χ3n) is 8.26. The predicted molar refractivity (Wildman–Crippen MR) is 180 cm³/mol. The molecule has 4 heterocycles. The summed E-state index contributed by atoms with van der Waals surface area (Å²) in [5.74, 6) is 0.541. The molecule has 2 aliphatic rings. The van der Waals surface area contributed by atoms with Gasteiger partial charge in [-0.3, -0.25) is 14.2 Å². The van der Waals surface area contributed by atoms with Gasteiger partial charge >= 0.3 is 5.97 Å². The van der Waals surface area contributed by atoms with Crippen LogP contribution in [-0.2, 0) is 20.9 Å². The normalized spacial score (nSPS) is 16.5. The SMILES string of the molecule is CCOC(=O)C1=C(C)N=c2s/c(=C/c3cn(CC(=O)N4CCCC4)c4ccccc34)c(=O)n2[C@H]1c1cc(OCC)c(OC)cc1Br. The fourth-order valence-corrected chi connectivity index (χ4v) is 7.73. The zero-order valence-corrected chi connectivity index (χ0v) is 28.6. The molecule has 2 aromatic heterocycles. The number of nitrogens with zero attached hydrogens (tertiary/aromatic N) is 4. The summed E-state index contributed by atoms with van der Waals surface area (Å²) in [6, 6.07) is 10.6. The molecule has 4 aromatic rings. The van der Waals surface area contributed by atoms with Crippen molar-refractivity contribution in [1.82, 2.24) is 14.0 Å². The molecule has 10 nitrogen and oxygen atoms in total. The number of fused-ring (bicyclic) bond motifs is 2. The van der Waals surface area contributed by atoms with E-state index in [0.717, 1.165) is 42.4 Å². The molecule has 240 valence electrons. The Morgan fingerprint density at radius 3 is 2.59 bits per heavy atom. The van der Waals surface area contributed by atoms with Gasteiger partial charge in [0.1, 0.15) is 6.54 Å². The number of carbonyl (C=O) groups is 2. The van der Waals surface area contributed by atoms with E-state index >= 15 is 0 Å². The smallest absolute Gasteiger partial charge is 0.338 e. The molecule has 12 heteroatoms. The summed E-state index contributed by atoms with van der Waals surface area (Å²) in [7, 11) is 1.56. The number of likely N-dealkylation sites (tertiary alicyclic amines) is 1. The number of benzene rings is 2. The second-order valence-corrected chi connectivity index (χ2v) is 12.9. The number of methoxy groups -OCH3 is 1. The molecule has 0 N–H and O–H groups in total. The van der Waals surface area contributed by atoms with Crippen molar-refractivity contribution in [3.05, 3.63) is 89.2 Å². The molecule has 2 aromatic carbocycles. The van der Waals surface area contributed by atoms with Crippen LogP contribution in [0.3, 0.4) is 0 Å². The van der Waals surface area contributed by atoms with Crippen LogP contribution in [0.1, 0.15) is 50.8 Å². The van der Waals surface area contributed by atoms with Crippen molar-refractivity contribution in [2.75, 3.05) is 33.4 Å². The zero-order valence-electron chi connectivity index (χ0n) is 26.2. The lowest BCUT2D eigenvalue weighted by atomic mass is 9.95. The molecular formula is C34H35BrN4O6S. The summed E-state index contributed by atoms with van der Waals surface area (Å²) >= 11 is 4.91.